The van der Waals surface area contributed by atoms with E-state index in [9.17, 15) is 13.8 Å². The molecule has 0 spiro atoms. The van der Waals surface area contributed by atoms with E-state index in [0.717, 1.165) is 18.4 Å². The minimum Gasteiger partial charge on any atom is -0.467 e. The number of alkyl carbamates (subject to hydrolysis) is 1. The third kappa shape index (κ3) is 8.10. The van der Waals surface area contributed by atoms with Crippen molar-refractivity contribution in [3.63, 3.8) is 0 Å². The first kappa shape index (κ1) is 20.2. The maximum Gasteiger partial charge on any atom is 0.408 e. The molecule has 6 nitrogen and oxygen atoms in total. The number of unbranched alkanes of at least 4 members (excludes halogenated alkanes) is 1. The third-order valence-electron chi connectivity index (χ3n) is 3.35. The van der Waals surface area contributed by atoms with Crippen molar-refractivity contribution in [1.82, 2.24) is 5.32 Å². The maximum absolute atomic E-state index is 11.8. The molecule has 24 heavy (non-hydrogen) atoms. The number of hydrogen-bond acceptors (Lipinski definition) is 5. The second-order valence-electron chi connectivity index (χ2n) is 5.27. The Bertz CT molecular complexity index is 535. The van der Waals surface area contributed by atoms with E-state index in [-0.39, 0.29) is 13.0 Å². The predicted molar refractivity (Wildman–Crippen MR) is 93.0 cm³/mol. The fourth-order valence-corrected chi connectivity index (χ4v) is 3.27. The van der Waals surface area contributed by atoms with Crippen LogP contribution in [0.25, 0.3) is 0 Å². The molecule has 0 radical (unpaired) electrons. The van der Waals surface area contributed by atoms with Gasteiger partial charge in [-0.1, -0.05) is 43.7 Å². The molecule has 0 fully saturated rings. The second-order valence-corrected chi connectivity index (χ2v) is 6.97. The molecule has 2 atom stereocenters. The fraction of sp³-hybridized carbons (Fsp3) is 0.529. The summed E-state index contributed by atoms with van der Waals surface area (Å²) in [4.78, 5) is 23.6. The van der Waals surface area contributed by atoms with Gasteiger partial charge in [0.25, 0.3) is 0 Å². The van der Waals surface area contributed by atoms with Crippen LogP contribution in [-0.4, -0.2) is 40.9 Å². The Morgan fingerprint density at radius 2 is 1.92 bits per heavy atom. The molecule has 0 bridgehead atoms. The first-order valence-electron chi connectivity index (χ1n) is 7.96. The van der Waals surface area contributed by atoms with Gasteiger partial charge in [0.1, 0.15) is 12.6 Å². The van der Waals surface area contributed by atoms with Gasteiger partial charge < -0.3 is 14.8 Å². The highest BCUT2D eigenvalue weighted by Gasteiger charge is 2.22. The summed E-state index contributed by atoms with van der Waals surface area (Å²) in [6, 6.07) is 8.38. The Hall–Kier alpha value is -1.89. The van der Waals surface area contributed by atoms with Crippen molar-refractivity contribution in [2.75, 3.05) is 18.6 Å². The summed E-state index contributed by atoms with van der Waals surface area (Å²) in [6.45, 7) is 2.14. The van der Waals surface area contributed by atoms with Gasteiger partial charge in [-0.15, -0.1) is 0 Å². The lowest BCUT2D eigenvalue weighted by Gasteiger charge is -2.16. The minimum absolute atomic E-state index is 0.114. The number of nitrogens with one attached hydrogen (secondary N) is 1. The zero-order chi connectivity index (χ0) is 17.8. The summed E-state index contributed by atoms with van der Waals surface area (Å²) in [5.74, 6) is 0.362. The summed E-state index contributed by atoms with van der Waals surface area (Å²) in [6.07, 6.45) is 1.40. The molecule has 1 unspecified atom stereocenters. The standard InChI is InChI=1S/C17H25NO5S/c1-3-4-11-24(21)12-10-15(16(19)22-2)18-17(20)23-13-14-8-6-5-7-9-14/h5-9,15H,3-4,10-13H2,1-2H3,(H,18,20)/t15-,24?/m0/s1. The minimum atomic E-state index is -1.01. The van der Waals surface area contributed by atoms with E-state index < -0.39 is 28.9 Å². The van der Waals surface area contributed by atoms with E-state index >= 15 is 0 Å². The predicted octanol–water partition coefficient (Wildman–Crippen LogP) is 2.39. The highest BCUT2D eigenvalue weighted by molar-refractivity contribution is 7.84. The number of esters is 1. The fourth-order valence-electron chi connectivity index (χ4n) is 1.95. The van der Waals surface area contributed by atoms with Gasteiger partial charge in [-0.25, -0.2) is 9.59 Å². The Morgan fingerprint density at radius 1 is 1.21 bits per heavy atom. The SMILES string of the molecule is CCCCS(=O)CC[C@H](NC(=O)OCc1ccccc1)C(=O)OC. The zero-order valence-electron chi connectivity index (χ0n) is 14.2. The Labute approximate surface area is 145 Å². The second kappa shape index (κ2) is 11.6. The largest absolute Gasteiger partial charge is 0.467 e. The summed E-state index contributed by atoms with van der Waals surface area (Å²) in [5.41, 5.74) is 0.850. The van der Waals surface area contributed by atoms with Gasteiger partial charge in [0.15, 0.2) is 0 Å². The number of amides is 1. The number of rotatable bonds is 10. The molecule has 1 N–H and O–H groups in total. The van der Waals surface area contributed by atoms with Gasteiger partial charge >= 0.3 is 12.1 Å². The molecule has 134 valence electrons. The van der Waals surface area contributed by atoms with Crippen molar-refractivity contribution < 1.29 is 23.3 Å². The van der Waals surface area contributed by atoms with Crippen molar-refractivity contribution in [2.24, 2.45) is 0 Å². The Balaban J connectivity index is 2.45. The number of benzene rings is 1. The molecule has 0 aliphatic carbocycles. The molecule has 1 rings (SSSR count). The molecule has 0 heterocycles. The van der Waals surface area contributed by atoms with Gasteiger partial charge in [0.2, 0.25) is 0 Å². The van der Waals surface area contributed by atoms with Crippen LogP contribution in [0, 0.1) is 0 Å². The average Bonchev–Trinajstić information content (AvgIpc) is 2.61. The number of carbonyl (C=O) groups is 2. The van der Waals surface area contributed by atoms with Crippen LogP contribution in [-0.2, 0) is 31.7 Å². The van der Waals surface area contributed by atoms with Crippen LogP contribution >= 0.6 is 0 Å². The number of methoxy groups -OCH3 is 1. The van der Waals surface area contributed by atoms with Crippen molar-refractivity contribution in [1.29, 1.82) is 0 Å². The van der Waals surface area contributed by atoms with Gasteiger partial charge in [-0.3, -0.25) is 4.21 Å². The number of hydrogen-bond donors (Lipinski definition) is 1. The van der Waals surface area contributed by atoms with Crippen molar-refractivity contribution >= 4 is 22.9 Å². The lowest BCUT2D eigenvalue weighted by atomic mass is 10.2. The summed E-state index contributed by atoms with van der Waals surface area (Å²) in [5, 5.41) is 2.48. The third-order valence-corrected chi connectivity index (χ3v) is 4.79. The van der Waals surface area contributed by atoms with Crippen LogP contribution in [0.3, 0.4) is 0 Å². The number of carbonyl (C=O) groups excluding carboxylic acids is 2. The summed E-state index contributed by atoms with van der Waals surface area (Å²) in [7, 11) is 0.243. The monoisotopic (exact) mass is 355 g/mol. The van der Waals surface area contributed by atoms with E-state index in [2.05, 4.69) is 10.1 Å². The average molecular weight is 355 g/mol. The zero-order valence-corrected chi connectivity index (χ0v) is 15.0. The molecule has 0 saturated carbocycles. The van der Waals surface area contributed by atoms with Gasteiger partial charge in [0.05, 0.1) is 7.11 Å². The van der Waals surface area contributed by atoms with Crippen molar-refractivity contribution in [2.45, 2.75) is 38.8 Å². The van der Waals surface area contributed by atoms with E-state index in [0.29, 0.717) is 11.5 Å². The first-order chi connectivity index (χ1) is 11.6. The highest BCUT2D eigenvalue weighted by atomic mass is 32.2. The topological polar surface area (TPSA) is 81.7 Å². The molecular weight excluding hydrogens is 330 g/mol. The van der Waals surface area contributed by atoms with Gasteiger partial charge in [-0.2, -0.15) is 0 Å². The first-order valence-corrected chi connectivity index (χ1v) is 9.45. The normalized spacial score (nSPS) is 12.9. The van der Waals surface area contributed by atoms with Crippen LogP contribution in [0.4, 0.5) is 4.79 Å². The molecule has 0 saturated heterocycles. The smallest absolute Gasteiger partial charge is 0.408 e. The van der Waals surface area contributed by atoms with E-state index in [4.69, 9.17) is 4.74 Å². The Kier molecular flexibility index (Phi) is 9.76. The molecule has 1 aromatic carbocycles. The summed E-state index contributed by atoms with van der Waals surface area (Å²) < 4.78 is 21.6. The van der Waals surface area contributed by atoms with Crippen LogP contribution in [0.1, 0.15) is 31.7 Å². The lowest BCUT2D eigenvalue weighted by molar-refractivity contribution is -0.143. The van der Waals surface area contributed by atoms with Crippen LogP contribution in [0.5, 0.6) is 0 Å². The van der Waals surface area contributed by atoms with Crippen LogP contribution in [0.2, 0.25) is 0 Å². The van der Waals surface area contributed by atoms with E-state index in [1.54, 1.807) is 0 Å². The van der Waals surface area contributed by atoms with Crippen molar-refractivity contribution in [3.05, 3.63) is 35.9 Å². The maximum atomic E-state index is 11.8. The molecule has 0 aliphatic rings. The number of ether oxygens (including phenoxy) is 2. The summed E-state index contributed by atoms with van der Waals surface area (Å²) >= 11 is 0. The Morgan fingerprint density at radius 3 is 2.54 bits per heavy atom. The highest BCUT2D eigenvalue weighted by Crippen LogP contribution is 2.03. The molecule has 0 aromatic heterocycles. The van der Waals surface area contributed by atoms with Crippen LogP contribution in [0.15, 0.2) is 30.3 Å². The lowest BCUT2D eigenvalue weighted by Crippen LogP contribution is -2.42. The molecular formula is C17H25NO5S. The van der Waals surface area contributed by atoms with Gasteiger partial charge in [-0.05, 0) is 18.4 Å². The van der Waals surface area contributed by atoms with Gasteiger partial charge in [0, 0.05) is 22.3 Å². The van der Waals surface area contributed by atoms with E-state index in [1.807, 2.05) is 37.3 Å². The quantitative estimate of drug-likeness (QED) is 0.652. The molecule has 0 aliphatic heterocycles. The van der Waals surface area contributed by atoms with Crippen LogP contribution < -0.4 is 5.32 Å². The molecule has 7 heteroatoms. The van der Waals surface area contributed by atoms with Crippen molar-refractivity contribution in [3.8, 4) is 0 Å². The molecule has 1 aromatic rings. The van der Waals surface area contributed by atoms with E-state index in [1.165, 1.54) is 7.11 Å². The molecule has 1 amide bonds.